The van der Waals surface area contributed by atoms with Crippen molar-refractivity contribution in [2.75, 3.05) is 19.6 Å². The predicted octanol–water partition coefficient (Wildman–Crippen LogP) is 0.894. The maximum atomic E-state index is 12.0. The molecule has 0 amide bonds. The number of piperidine rings is 1. The zero-order chi connectivity index (χ0) is 12.1. The van der Waals surface area contributed by atoms with Crippen LogP contribution in [0.4, 0.5) is 0 Å². The number of Topliss-reactive ketones (excluding diaryl/α,β-unsaturated/α-hetero) is 1. The maximum absolute atomic E-state index is 12.0. The van der Waals surface area contributed by atoms with Crippen LogP contribution in [0.2, 0.25) is 0 Å². The average Bonchev–Trinajstić information content (AvgIpc) is 2.40. The Hall–Kier alpha value is -1.04. The van der Waals surface area contributed by atoms with Crippen molar-refractivity contribution >= 4 is 18.2 Å². The van der Waals surface area contributed by atoms with E-state index in [1.54, 1.807) is 12.4 Å². The van der Waals surface area contributed by atoms with Crippen molar-refractivity contribution in [3.05, 3.63) is 24.3 Å². The summed E-state index contributed by atoms with van der Waals surface area (Å²) < 4.78 is 0. The fourth-order valence-corrected chi connectivity index (χ4v) is 2.24. The van der Waals surface area contributed by atoms with Crippen molar-refractivity contribution in [3.8, 4) is 0 Å². The average molecular weight is 271 g/mol. The minimum absolute atomic E-state index is 0. The number of carbonyl (C=O) groups excluding carboxylic acids is 1. The summed E-state index contributed by atoms with van der Waals surface area (Å²) in [4.78, 5) is 22.1. The molecular weight excluding hydrogens is 252 g/mol. The highest BCUT2D eigenvalue weighted by atomic mass is 35.5. The highest BCUT2D eigenvalue weighted by molar-refractivity contribution is 5.95. The number of hydrogen-bond donors (Lipinski definition) is 1. The van der Waals surface area contributed by atoms with Gasteiger partial charge in [0.25, 0.3) is 0 Å². The molecule has 0 spiro atoms. The molecule has 1 aromatic heterocycles. The third-order valence-corrected chi connectivity index (χ3v) is 3.22. The molecule has 1 aromatic rings. The van der Waals surface area contributed by atoms with E-state index >= 15 is 0 Å². The van der Waals surface area contributed by atoms with E-state index in [9.17, 15) is 4.79 Å². The van der Waals surface area contributed by atoms with Crippen LogP contribution in [-0.4, -0.2) is 46.3 Å². The third kappa shape index (κ3) is 3.73. The van der Waals surface area contributed by atoms with Gasteiger partial charge in [0.05, 0.1) is 12.7 Å². The first-order valence-electron chi connectivity index (χ1n) is 6.04. The highest BCUT2D eigenvalue weighted by Crippen LogP contribution is 2.16. The van der Waals surface area contributed by atoms with Crippen LogP contribution >= 0.6 is 12.4 Å². The Bertz CT molecular complexity index is 374. The molecule has 0 aliphatic carbocycles. The van der Waals surface area contributed by atoms with Gasteiger partial charge in [-0.15, -0.1) is 12.4 Å². The van der Waals surface area contributed by atoms with Crippen LogP contribution < -0.4 is 5.73 Å². The number of likely N-dealkylation sites (tertiary alicyclic amines) is 1. The normalized spacial score (nSPS) is 20.2. The van der Waals surface area contributed by atoms with Gasteiger partial charge in [-0.3, -0.25) is 14.7 Å². The van der Waals surface area contributed by atoms with Crippen molar-refractivity contribution in [3.63, 3.8) is 0 Å². The van der Waals surface area contributed by atoms with E-state index in [0.29, 0.717) is 24.8 Å². The van der Waals surface area contributed by atoms with Crippen LogP contribution in [0.1, 0.15) is 29.8 Å². The fourth-order valence-electron chi connectivity index (χ4n) is 2.24. The van der Waals surface area contributed by atoms with Gasteiger partial charge in [0.1, 0.15) is 5.69 Å². The summed E-state index contributed by atoms with van der Waals surface area (Å²) in [5, 5.41) is 0. The van der Waals surface area contributed by atoms with Crippen LogP contribution in [0.5, 0.6) is 0 Å². The summed E-state index contributed by atoms with van der Waals surface area (Å²) in [7, 11) is 0. The Balaban J connectivity index is 0.00000162. The smallest absolute Gasteiger partial charge is 0.196 e. The van der Waals surface area contributed by atoms with E-state index in [2.05, 4.69) is 14.9 Å². The zero-order valence-corrected chi connectivity index (χ0v) is 11.1. The molecule has 1 unspecified atom stereocenters. The molecule has 2 rings (SSSR count). The van der Waals surface area contributed by atoms with E-state index in [0.717, 1.165) is 19.4 Å². The van der Waals surface area contributed by atoms with Crippen LogP contribution in [-0.2, 0) is 0 Å². The fraction of sp³-hybridized carbons (Fsp3) is 0.583. The molecule has 1 aliphatic heterocycles. The summed E-state index contributed by atoms with van der Waals surface area (Å²) >= 11 is 0. The first-order chi connectivity index (χ1) is 8.31. The topological polar surface area (TPSA) is 72.1 Å². The second kappa shape index (κ2) is 7.41. The molecule has 1 fully saturated rings. The molecule has 1 atom stereocenters. The number of nitrogens with zero attached hydrogens (tertiary/aromatic N) is 3. The second-order valence-electron chi connectivity index (χ2n) is 4.37. The Morgan fingerprint density at radius 2 is 2.28 bits per heavy atom. The summed E-state index contributed by atoms with van der Waals surface area (Å²) in [6, 6.07) is 0.337. The van der Waals surface area contributed by atoms with Gasteiger partial charge in [-0.25, -0.2) is 4.98 Å². The molecule has 0 bridgehead atoms. The number of nitrogens with two attached hydrogens (primary N) is 1. The Kier molecular flexibility index (Phi) is 6.18. The summed E-state index contributed by atoms with van der Waals surface area (Å²) in [5.41, 5.74) is 6.17. The third-order valence-electron chi connectivity index (χ3n) is 3.22. The van der Waals surface area contributed by atoms with Crippen LogP contribution in [0.15, 0.2) is 18.6 Å². The van der Waals surface area contributed by atoms with E-state index in [-0.39, 0.29) is 18.2 Å². The van der Waals surface area contributed by atoms with Gasteiger partial charge in [0.2, 0.25) is 0 Å². The lowest BCUT2D eigenvalue weighted by Crippen LogP contribution is -2.46. The zero-order valence-electron chi connectivity index (χ0n) is 10.3. The number of rotatable bonds is 4. The quantitative estimate of drug-likeness (QED) is 0.823. The number of halogens is 1. The lowest BCUT2D eigenvalue weighted by molar-refractivity contribution is 0.0846. The Morgan fingerprint density at radius 3 is 2.94 bits per heavy atom. The first kappa shape index (κ1) is 15.0. The minimum Gasteiger partial charge on any atom is -0.329 e. The molecule has 0 saturated carbocycles. The van der Waals surface area contributed by atoms with Crippen molar-refractivity contribution in [1.82, 2.24) is 14.9 Å². The Morgan fingerprint density at radius 1 is 1.44 bits per heavy atom. The van der Waals surface area contributed by atoms with Gasteiger partial charge in [0.15, 0.2) is 5.78 Å². The van der Waals surface area contributed by atoms with Gasteiger partial charge in [0, 0.05) is 25.0 Å². The van der Waals surface area contributed by atoms with Gasteiger partial charge in [-0.1, -0.05) is 6.42 Å². The number of aromatic nitrogens is 2. The largest absolute Gasteiger partial charge is 0.329 e. The summed E-state index contributed by atoms with van der Waals surface area (Å²) in [6.07, 6.45) is 8.07. The van der Waals surface area contributed by atoms with Gasteiger partial charge in [-0.05, 0) is 19.4 Å². The number of hydrogen-bond acceptors (Lipinski definition) is 5. The van der Waals surface area contributed by atoms with E-state index in [1.165, 1.54) is 12.6 Å². The molecular formula is C12H19ClN4O. The summed E-state index contributed by atoms with van der Waals surface area (Å²) in [6.45, 7) is 1.97. The molecule has 0 radical (unpaired) electrons. The van der Waals surface area contributed by atoms with Gasteiger partial charge < -0.3 is 5.73 Å². The van der Waals surface area contributed by atoms with Crippen molar-refractivity contribution in [2.24, 2.45) is 5.73 Å². The highest BCUT2D eigenvalue weighted by Gasteiger charge is 2.23. The molecule has 6 heteroatoms. The molecule has 1 saturated heterocycles. The number of carbonyl (C=O) groups is 1. The molecule has 5 nitrogen and oxygen atoms in total. The molecule has 100 valence electrons. The van der Waals surface area contributed by atoms with E-state index in [1.807, 2.05) is 0 Å². The lowest BCUT2D eigenvalue weighted by Gasteiger charge is -2.34. The maximum Gasteiger partial charge on any atom is 0.196 e. The van der Waals surface area contributed by atoms with E-state index in [4.69, 9.17) is 5.73 Å². The summed E-state index contributed by atoms with van der Waals surface area (Å²) in [5.74, 6) is 0.0263. The van der Waals surface area contributed by atoms with Gasteiger partial charge in [-0.2, -0.15) is 0 Å². The molecule has 18 heavy (non-hydrogen) atoms. The molecule has 1 aliphatic rings. The van der Waals surface area contributed by atoms with Crippen molar-refractivity contribution < 1.29 is 4.79 Å². The molecule has 0 aromatic carbocycles. The first-order valence-corrected chi connectivity index (χ1v) is 6.04. The molecule has 2 heterocycles. The van der Waals surface area contributed by atoms with E-state index < -0.39 is 0 Å². The van der Waals surface area contributed by atoms with Crippen LogP contribution in [0.25, 0.3) is 0 Å². The molecule has 2 N–H and O–H groups in total. The van der Waals surface area contributed by atoms with Crippen LogP contribution in [0.3, 0.4) is 0 Å². The minimum atomic E-state index is 0. The lowest BCUT2D eigenvalue weighted by atomic mass is 10.0. The van der Waals surface area contributed by atoms with Crippen molar-refractivity contribution in [2.45, 2.75) is 25.3 Å². The SMILES string of the molecule is Cl.NCC1CCCCN1CC(=O)c1cnccn1. The second-order valence-corrected chi connectivity index (χ2v) is 4.37. The monoisotopic (exact) mass is 270 g/mol. The standard InChI is InChI=1S/C12H18N4O.ClH/c13-7-10-3-1-2-6-16(10)9-12(17)11-8-14-4-5-15-11;/h4-5,8,10H,1-3,6-7,9,13H2;1H. The number of ketones is 1. The van der Waals surface area contributed by atoms with Crippen molar-refractivity contribution in [1.29, 1.82) is 0 Å². The Labute approximate surface area is 113 Å². The van der Waals surface area contributed by atoms with Gasteiger partial charge >= 0.3 is 0 Å². The van der Waals surface area contributed by atoms with Crippen LogP contribution in [0, 0.1) is 0 Å². The predicted molar refractivity (Wildman–Crippen MR) is 71.9 cm³/mol.